The second-order valence-corrected chi connectivity index (χ2v) is 5.02. The molecule has 1 aromatic heterocycles. The first kappa shape index (κ1) is 13.7. The van der Waals surface area contributed by atoms with Gasteiger partial charge in [0.05, 0.1) is 23.9 Å². The van der Waals surface area contributed by atoms with E-state index < -0.39 is 11.6 Å². The molecule has 2 aromatic rings. The Morgan fingerprint density at radius 1 is 1.32 bits per heavy atom. The van der Waals surface area contributed by atoms with E-state index in [0.29, 0.717) is 11.6 Å². The third-order valence-corrected chi connectivity index (χ3v) is 2.94. The summed E-state index contributed by atoms with van der Waals surface area (Å²) in [7, 11) is 0. The van der Waals surface area contributed by atoms with Crippen LogP contribution < -0.4 is 5.73 Å². The zero-order chi connectivity index (χ0) is 14.0. The molecule has 0 spiro atoms. The summed E-state index contributed by atoms with van der Waals surface area (Å²) in [5.41, 5.74) is 6.90. The fraction of sp³-hybridized carbons (Fsp3) is 0.357. The third-order valence-electron chi connectivity index (χ3n) is 2.94. The number of halogens is 2. The summed E-state index contributed by atoms with van der Waals surface area (Å²) in [6.07, 6.45) is 3.80. The van der Waals surface area contributed by atoms with Gasteiger partial charge in [-0.1, -0.05) is 13.8 Å². The van der Waals surface area contributed by atoms with Crippen LogP contribution >= 0.6 is 0 Å². The Bertz CT molecular complexity index is 564. The lowest BCUT2D eigenvalue weighted by Gasteiger charge is -2.17. The molecule has 3 nitrogen and oxygen atoms in total. The van der Waals surface area contributed by atoms with E-state index in [1.807, 2.05) is 0 Å². The first-order valence-electron chi connectivity index (χ1n) is 6.22. The van der Waals surface area contributed by atoms with E-state index in [2.05, 4.69) is 18.8 Å². The smallest absolute Gasteiger partial charge is 0.147 e. The minimum Gasteiger partial charge on any atom is -0.323 e. The molecule has 1 atom stereocenters. The van der Waals surface area contributed by atoms with Crippen LogP contribution in [0.15, 0.2) is 30.7 Å². The predicted octanol–water partition coefficient (Wildman–Crippen LogP) is 3.20. The first-order valence-corrected chi connectivity index (χ1v) is 6.22. The van der Waals surface area contributed by atoms with E-state index in [-0.39, 0.29) is 11.7 Å². The predicted molar refractivity (Wildman–Crippen MR) is 69.9 cm³/mol. The van der Waals surface area contributed by atoms with Crippen molar-refractivity contribution >= 4 is 0 Å². The molecule has 1 aromatic carbocycles. The van der Waals surface area contributed by atoms with Gasteiger partial charge < -0.3 is 5.73 Å². The number of rotatable bonds is 4. The van der Waals surface area contributed by atoms with Crippen LogP contribution in [0.1, 0.15) is 32.0 Å². The molecule has 0 aliphatic heterocycles. The average Bonchev–Trinajstić information content (AvgIpc) is 2.80. The topological polar surface area (TPSA) is 43.8 Å². The molecule has 0 amide bonds. The van der Waals surface area contributed by atoms with E-state index in [4.69, 9.17) is 5.73 Å². The maximum atomic E-state index is 13.8. The van der Waals surface area contributed by atoms with Gasteiger partial charge in [0.1, 0.15) is 11.6 Å². The minimum atomic E-state index is -0.502. The summed E-state index contributed by atoms with van der Waals surface area (Å²) in [5, 5.41) is 0. The fourth-order valence-corrected chi connectivity index (χ4v) is 2.08. The molecule has 0 aliphatic carbocycles. The van der Waals surface area contributed by atoms with Crippen LogP contribution in [0.25, 0.3) is 5.69 Å². The maximum Gasteiger partial charge on any atom is 0.147 e. The Hall–Kier alpha value is -1.75. The molecule has 102 valence electrons. The molecular formula is C14H17F2N3. The van der Waals surface area contributed by atoms with Gasteiger partial charge in [-0.2, -0.15) is 0 Å². The SMILES string of the molecule is CC(C)CC(N)c1cncn1-c1cc(F)ccc1F. The summed E-state index contributed by atoms with van der Waals surface area (Å²) in [5.74, 6) is -0.582. The lowest BCUT2D eigenvalue weighted by molar-refractivity contribution is 0.495. The Balaban J connectivity index is 2.41. The van der Waals surface area contributed by atoms with Crippen LogP contribution in [0.4, 0.5) is 8.78 Å². The van der Waals surface area contributed by atoms with Gasteiger partial charge in [-0.25, -0.2) is 13.8 Å². The van der Waals surface area contributed by atoms with Crippen LogP contribution in [0.3, 0.4) is 0 Å². The van der Waals surface area contributed by atoms with Gasteiger partial charge in [0, 0.05) is 12.1 Å². The third kappa shape index (κ3) is 2.98. The molecule has 0 aliphatic rings. The van der Waals surface area contributed by atoms with Gasteiger partial charge in [-0.3, -0.25) is 4.57 Å². The molecule has 2 N–H and O–H groups in total. The molecule has 1 heterocycles. The highest BCUT2D eigenvalue weighted by molar-refractivity contribution is 5.36. The van der Waals surface area contributed by atoms with Crippen molar-refractivity contribution in [3.63, 3.8) is 0 Å². The van der Waals surface area contributed by atoms with E-state index >= 15 is 0 Å². The highest BCUT2D eigenvalue weighted by Crippen LogP contribution is 2.23. The summed E-state index contributed by atoms with van der Waals surface area (Å²) in [4.78, 5) is 3.99. The number of hydrogen-bond acceptors (Lipinski definition) is 2. The Kier molecular flexibility index (Phi) is 3.95. The second kappa shape index (κ2) is 5.48. The molecule has 2 rings (SSSR count). The van der Waals surface area contributed by atoms with Crippen molar-refractivity contribution in [3.05, 3.63) is 48.1 Å². The number of imidazole rings is 1. The van der Waals surface area contributed by atoms with Gasteiger partial charge >= 0.3 is 0 Å². The van der Waals surface area contributed by atoms with E-state index in [9.17, 15) is 8.78 Å². The number of nitrogens with zero attached hydrogens (tertiary/aromatic N) is 2. The zero-order valence-electron chi connectivity index (χ0n) is 11.0. The lowest BCUT2D eigenvalue weighted by Crippen LogP contribution is -2.17. The summed E-state index contributed by atoms with van der Waals surface area (Å²) in [6.45, 7) is 4.12. The van der Waals surface area contributed by atoms with Crippen molar-refractivity contribution in [3.8, 4) is 5.69 Å². The van der Waals surface area contributed by atoms with E-state index in [1.54, 1.807) is 6.20 Å². The molecule has 0 saturated heterocycles. The normalized spacial score (nSPS) is 12.9. The van der Waals surface area contributed by atoms with Crippen LogP contribution in [0, 0.1) is 17.6 Å². The molecular weight excluding hydrogens is 248 g/mol. The van der Waals surface area contributed by atoms with Crippen LogP contribution in [-0.2, 0) is 0 Å². The zero-order valence-corrected chi connectivity index (χ0v) is 11.0. The van der Waals surface area contributed by atoms with Gasteiger partial charge in [0.2, 0.25) is 0 Å². The molecule has 5 heteroatoms. The molecule has 0 bridgehead atoms. The van der Waals surface area contributed by atoms with Crippen LogP contribution in [0.5, 0.6) is 0 Å². The van der Waals surface area contributed by atoms with Gasteiger partial charge in [-0.05, 0) is 24.5 Å². The number of aromatic nitrogens is 2. The fourth-order valence-electron chi connectivity index (χ4n) is 2.08. The molecule has 19 heavy (non-hydrogen) atoms. The van der Waals surface area contributed by atoms with Crippen LogP contribution in [0.2, 0.25) is 0 Å². The lowest BCUT2D eigenvalue weighted by atomic mass is 10.0. The van der Waals surface area contributed by atoms with Crippen molar-refractivity contribution < 1.29 is 8.78 Å². The average molecular weight is 265 g/mol. The molecule has 0 radical (unpaired) electrons. The highest BCUT2D eigenvalue weighted by Gasteiger charge is 2.16. The standard InChI is InChI=1S/C14H17F2N3/c1-9(2)5-12(17)14-7-18-8-19(14)13-6-10(15)3-4-11(13)16/h3-4,6-9,12H,5,17H2,1-2H3. The summed E-state index contributed by atoms with van der Waals surface area (Å²) >= 11 is 0. The van der Waals surface area contributed by atoms with Crippen LogP contribution in [-0.4, -0.2) is 9.55 Å². The minimum absolute atomic E-state index is 0.131. The van der Waals surface area contributed by atoms with Gasteiger partial charge in [-0.15, -0.1) is 0 Å². The quantitative estimate of drug-likeness (QED) is 0.922. The summed E-state index contributed by atoms with van der Waals surface area (Å²) in [6, 6.07) is 3.07. The Morgan fingerprint density at radius 2 is 2.05 bits per heavy atom. The number of hydrogen-bond donors (Lipinski definition) is 1. The van der Waals surface area contributed by atoms with Crippen molar-refractivity contribution in [2.24, 2.45) is 11.7 Å². The number of benzene rings is 1. The summed E-state index contributed by atoms with van der Waals surface area (Å²) < 4.78 is 28.5. The number of nitrogens with two attached hydrogens (primary N) is 1. The highest BCUT2D eigenvalue weighted by atomic mass is 19.1. The molecule has 0 saturated carbocycles. The van der Waals surface area contributed by atoms with Gasteiger partial charge in [0.25, 0.3) is 0 Å². The van der Waals surface area contributed by atoms with E-state index in [0.717, 1.165) is 24.6 Å². The maximum absolute atomic E-state index is 13.8. The molecule has 1 unspecified atom stereocenters. The van der Waals surface area contributed by atoms with Crippen molar-refractivity contribution in [1.29, 1.82) is 0 Å². The van der Waals surface area contributed by atoms with Gasteiger partial charge in [0.15, 0.2) is 0 Å². The van der Waals surface area contributed by atoms with Crippen molar-refractivity contribution in [2.75, 3.05) is 0 Å². The Labute approximate surface area is 111 Å². The van der Waals surface area contributed by atoms with Crippen molar-refractivity contribution in [1.82, 2.24) is 9.55 Å². The largest absolute Gasteiger partial charge is 0.323 e. The molecule has 0 fully saturated rings. The Morgan fingerprint density at radius 3 is 2.74 bits per heavy atom. The second-order valence-electron chi connectivity index (χ2n) is 5.02. The van der Waals surface area contributed by atoms with E-state index in [1.165, 1.54) is 10.9 Å². The monoisotopic (exact) mass is 265 g/mol. The first-order chi connectivity index (χ1) is 8.99. The van der Waals surface area contributed by atoms with Crippen molar-refractivity contribution in [2.45, 2.75) is 26.3 Å².